The Morgan fingerprint density at radius 1 is 1.56 bits per heavy atom. The molecule has 0 saturated carbocycles. The Hall–Kier alpha value is -0.920. The van der Waals surface area contributed by atoms with Crippen molar-refractivity contribution in [3.63, 3.8) is 0 Å². The van der Waals surface area contributed by atoms with Crippen molar-refractivity contribution in [1.82, 2.24) is 5.32 Å². The van der Waals surface area contributed by atoms with Gasteiger partial charge in [-0.05, 0) is 26.0 Å². The van der Waals surface area contributed by atoms with Crippen molar-refractivity contribution in [2.24, 2.45) is 0 Å². The van der Waals surface area contributed by atoms with Crippen LogP contribution >= 0.6 is 0 Å². The van der Waals surface area contributed by atoms with Gasteiger partial charge in [0.2, 0.25) is 0 Å². The van der Waals surface area contributed by atoms with Crippen molar-refractivity contribution in [3.8, 4) is 0 Å². The van der Waals surface area contributed by atoms with Crippen LogP contribution in [0.4, 0.5) is 0 Å². The molecule has 0 saturated heterocycles. The number of nitrogens with one attached hydrogen (secondary N) is 1. The molecular weight excluding hydrogens is 114 g/mol. The first kappa shape index (κ1) is 6.20. The summed E-state index contributed by atoms with van der Waals surface area (Å²) in [5.74, 6) is 0.332. The van der Waals surface area contributed by atoms with Crippen LogP contribution in [-0.2, 0) is 0 Å². The average molecular weight is 125 g/mol. The van der Waals surface area contributed by atoms with Gasteiger partial charge in [0.05, 0.1) is 5.54 Å². The molecule has 1 aliphatic heterocycles. The van der Waals surface area contributed by atoms with Crippen LogP contribution < -0.4 is 5.32 Å². The van der Waals surface area contributed by atoms with E-state index in [4.69, 9.17) is 5.11 Å². The van der Waals surface area contributed by atoms with Crippen molar-refractivity contribution in [3.05, 3.63) is 24.1 Å². The lowest BCUT2D eigenvalue weighted by Crippen LogP contribution is -2.35. The molecule has 1 rings (SSSR count). The van der Waals surface area contributed by atoms with Gasteiger partial charge in [-0.3, -0.25) is 0 Å². The normalized spacial score (nSPS) is 22.7. The van der Waals surface area contributed by atoms with Crippen molar-refractivity contribution >= 4 is 0 Å². The fourth-order valence-corrected chi connectivity index (χ4v) is 0.801. The minimum absolute atomic E-state index is 0.0984. The summed E-state index contributed by atoms with van der Waals surface area (Å²) >= 11 is 0. The Morgan fingerprint density at radius 2 is 2.22 bits per heavy atom. The van der Waals surface area contributed by atoms with Crippen LogP contribution in [0.15, 0.2) is 24.1 Å². The van der Waals surface area contributed by atoms with Gasteiger partial charge in [-0.25, -0.2) is 0 Å². The highest BCUT2D eigenvalue weighted by Gasteiger charge is 2.14. The van der Waals surface area contributed by atoms with Crippen LogP contribution in [0, 0.1) is 0 Å². The minimum Gasteiger partial charge on any atom is -0.508 e. The van der Waals surface area contributed by atoms with Gasteiger partial charge in [-0.15, -0.1) is 0 Å². The quantitative estimate of drug-likeness (QED) is 0.511. The van der Waals surface area contributed by atoms with Crippen molar-refractivity contribution in [2.45, 2.75) is 19.4 Å². The predicted octanol–water partition coefficient (Wildman–Crippen LogP) is 1.32. The molecule has 1 aliphatic rings. The van der Waals surface area contributed by atoms with Gasteiger partial charge in [-0.2, -0.15) is 0 Å². The fraction of sp³-hybridized carbons (Fsp3) is 0.429. The van der Waals surface area contributed by atoms with E-state index in [2.05, 4.69) is 5.32 Å². The van der Waals surface area contributed by atoms with Crippen LogP contribution in [0.5, 0.6) is 0 Å². The Bertz CT molecular complexity index is 168. The first-order valence-corrected chi connectivity index (χ1v) is 2.96. The summed E-state index contributed by atoms with van der Waals surface area (Å²) in [4.78, 5) is 0. The van der Waals surface area contributed by atoms with Crippen molar-refractivity contribution < 1.29 is 5.11 Å². The van der Waals surface area contributed by atoms with Crippen LogP contribution in [0.25, 0.3) is 0 Å². The standard InChI is InChI=1S/C7H11NO/c1-7(2)5-6(9)3-4-8-7/h3-5,8-9H,1-2H3. The molecule has 0 spiro atoms. The third kappa shape index (κ3) is 1.49. The molecule has 1 heterocycles. The summed E-state index contributed by atoms with van der Waals surface area (Å²) < 4.78 is 0. The highest BCUT2D eigenvalue weighted by Crippen LogP contribution is 2.11. The molecule has 2 heteroatoms. The summed E-state index contributed by atoms with van der Waals surface area (Å²) in [7, 11) is 0. The molecule has 0 fully saturated rings. The third-order valence-electron chi connectivity index (χ3n) is 1.22. The topological polar surface area (TPSA) is 32.3 Å². The van der Waals surface area contributed by atoms with Gasteiger partial charge >= 0.3 is 0 Å². The molecule has 50 valence electrons. The Labute approximate surface area is 54.9 Å². The van der Waals surface area contributed by atoms with E-state index in [0.717, 1.165) is 0 Å². The molecule has 0 aromatic rings. The number of allylic oxidation sites excluding steroid dienone is 1. The number of rotatable bonds is 0. The van der Waals surface area contributed by atoms with Crippen LogP contribution in [0.3, 0.4) is 0 Å². The molecule has 9 heavy (non-hydrogen) atoms. The summed E-state index contributed by atoms with van der Waals surface area (Å²) in [5, 5.41) is 12.1. The van der Waals surface area contributed by atoms with Gasteiger partial charge in [0.15, 0.2) is 0 Å². The lowest BCUT2D eigenvalue weighted by molar-refractivity contribution is 0.405. The fourth-order valence-electron chi connectivity index (χ4n) is 0.801. The number of hydrogen-bond donors (Lipinski definition) is 2. The molecule has 0 bridgehead atoms. The van der Waals surface area contributed by atoms with Gasteiger partial charge < -0.3 is 10.4 Å². The molecule has 2 nitrogen and oxygen atoms in total. The molecule has 0 amide bonds. The number of dihydropyridines is 1. The van der Waals surface area contributed by atoms with E-state index in [1.54, 1.807) is 18.4 Å². The molecule has 2 N–H and O–H groups in total. The molecule has 0 atom stereocenters. The van der Waals surface area contributed by atoms with E-state index in [0.29, 0.717) is 5.76 Å². The highest BCUT2D eigenvalue weighted by atomic mass is 16.3. The number of aliphatic hydroxyl groups is 1. The summed E-state index contributed by atoms with van der Waals surface area (Å²) in [6.45, 7) is 3.99. The highest BCUT2D eigenvalue weighted by molar-refractivity contribution is 5.21. The molecule has 0 radical (unpaired) electrons. The zero-order valence-electron chi connectivity index (χ0n) is 5.68. The maximum atomic E-state index is 8.98. The van der Waals surface area contributed by atoms with Gasteiger partial charge in [0.1, 0.15) is 5.76 Å². The summed E-state index contributed by atoms with van der Waals surface area (Å²) in [6, 6.07) is 0. The lowest BCUT2D eigenvalue weighted by Gasteiger charge is -2.23. The molecule has 0 aromatic heterocycles. The monoisotopic (exact) mass is 125 g/mol. The summed E-state index contributed by atoms with van der Waals surface area (Å²) in [6.07, 6.45) is 5.15. The van der Waals surface area contributed by atoms with E-state index in [-0.39, 0.29) is 5.54 Å². The first-order valence-electron chi connectivity index (χ1n) is 2.96. The van der Waals surface area contributed by atoms with E-state index < -0.39 is 0 Å². The zero-order valence-corrected chi connectivity index (χ0v) is 5.68. The molecule has 0 unspecified atom stereocenters. The van der Waals surface area contributed by atoms with Crippen molar-refractivity contribution in [1.29, 1.82) is 0 Å². The minimum atomic E-state index is -0.0984. The number of hydrogen-bond acceptors (Lipinski definition) is 2. The Morgan fingerprint density at radius 3 is 2.56 bits per heavy atom. The lowest BCUT2D eigenvalue weighted by atomic mass is 10.0. The second kappa shape index (κ2) is 1.79. The molecule has 0 aromatic carbocycles. The van der Waals surface area contributed by atoms with Gasteiger partial charge in [-0.1, -0.05) is 0 Å². The predicted molar refractivity (Wildman–Crippen MR) is 37.1 cm³/mol. The smallest absolute Gasteiger partial charge is 0.115 e. The maximum Gasteiger partial charge on any atom is 0.115 e. The Balaban J connectivity index is 2.78. The second-order valence-electron chi connectivity index (χ2n) is 2.77. The van der Waals surface area contributed by atoms with Gasteiger partial charge in [0.25, 0.3) is 0 Å². The van der Waals surface area contributed by atoms with Gasteiger partial charge in [0, 0.05) is 6.20 Å². The van der Waals surface area contributed by atoms with Crippen LogP contribution in [0.1, 0.15) is 13.8 Å². The Kier molecular flexibility index (Phi) is 1.24. The largest absolute Gasteiger partial charge is 0.508 e. The van der Waals surface area contributed by atoms with Crippen LogP contribution in [0.2, 0.25) is 0 Å². The van der Waals surface area contributed by atoms with E-state index in [9.17, 15) is 0 Å². The van der Waals surface area contributed by atoms with Crippen LogP contribution in [-0.4, -0.2) is 10.6 Å². The SMILES string of the molecule is CC1(C)C=C(O)C=CN1. The molecule has 0 aliphatic carbocycles. The first-order chi connectivity index (χ1) is 4.10. The average Bonchev–Trinajstić information content (AvgIpc) is 1.60. The zero-order chi connectivity index (χ0) is 6.91. The van der Waals surface area contributed by atoms with Crippen molar-refractivity contribution in [2.75, 3.05) is 0 Å². The van der Waals surface area contributed by atoms with E-state index >= 15 is 0 Å². The molecular formula is C7H11NO. The summed E-state index contributed by atoms with van der Waals surface area (Å²) in [5.41, 5.74) is -0.0984. The van der Waals surface area contributed by atoms with E-state index in [1.165, 1.54) is 0 Å². The van der Waals surface area contributed by atoms with E-state index in [1.807, 2.05) is 13.8 Å². The second-order valence-corrected chi connectivity index (χ2v) is 2.77. The maximum absolute atomic E-state index is 8.98. The number of aliphatic hydroxyl groups excluding tert-OH is 1. The third-order valence-corrected chi connectivity index (χ3v) is 1.22.